The number of hydrogen-bond acceptors (Lipinski definition) is 2. The van der Waals surface area contributed by atoms with Gasteiger partial charge in [0, 0.05) is 19.5 Å². The number of hydrogen-bond donors (Lipinski definition) is 0. The SMILES string of the molecule is C=C(CCc1ccccc1)CC(=O)N1CCOCC1. The van der Waals surface area contributed by atoms with Gasteiger partial charge in [0.1, 0.15) is 0 Å². The minimum absolute atomic E-state index is 0.182. The van der Waals surface area contributed by atoms with Crippen molar-refractivity contribution in [1.82, 2.24) is 4.90 Å². The molecule has 2 rings (SSSR count). The number of carbonyl (C=O) groups excluding carboxylic acids is 1. The topological polar surface area (TPSA) is 29.5 Å². The van der Waals surface area contributed by atoms with Crippen LogP contribution in [0.5, 0.6) is 0 Å². The van der Waals surface area contributed by atoms with Crippen LogP contribution in [0, 0.1) is 0 Å². The molecule has 1 aromatic rings. The van der Waals surface area contributed by atoms with Gasteiger partial charge in [-0.3, -0.25) is 4.79 Å². The van der Waals surface area contributed by atoms with E-state index in [1.165, 1.54) is 5.56 Å². The molecule has 19 heavy (non-hydrogen) atoms. The third kappa shape index (κ3) is 4.52. The maximum Gasteiger partial charge on any atom is 0.226 e. The van der Waals surface area contributed by atoms with Gasteiger partial charge < -0.3 is 9.64 Å². The van der Waals surface area contributed by atoms with Gasteiger partial charge >= 0.3 is 0 Å². The maximum atomic E-state index is 12.0. The van der Waals surface area contributed by atoms with Gasteiger partial charge in [-0.25, -0.2) is 0 Å². The summed E-state index contributed by atoms with van der Waals surface area (Å²) >= 11 is 0. The molecule has 102 valence electrons. The number of benzene rings is 1. The second-order valence-electron chi connectivity index (χ2n) is 4.91. The summed E-state index contributed by atoms with van der Waals surface area (Å²) in [4.78, 5) is 13.9. The molecule has 0 bridgehead atoms. The van der Waals surface area contributed by atoms with E-state index in [-0.39, 0.29) is 5.91 Å². The Labute approximate surface area is 114 Å². The van der Waals surface area contributed by atoms with E-state index in [0.29, 0.717) is 32.7 Å². The lowest BCUT2D eigenvalue weighted by Gasteiger charge is -2.27. The lowest BCUT2D eigenvalue weighted by molar-refractivity contribution is -0.134. The van der Waals surface area contributed by atoms with E-state index in [0.717, 1.165) is 18.4 Å². The van der Waals surface area contributed by atoms with Crippen LogP contribution in [0.2, 0.25) is 0 Å². The first-order valence-corrected chi connectivity index (χ1v) is 6.82. The largest absolute Gasteiger partial charge is 0.378 e. The van der Waals surface area contributed by atoms with Crippen molar-refractivity contribution in [1.29, 1.82) is 0 Å². The highest BCUT2D eigenvalue weighted by molar-refractivity contribution is 5.78. The highest BCUT2D eigenvalue weighted by atomic mass is 16.5. The van der Waals surface area contributed by atoms with Crippen LogP contribution in [0.15, 0.2) is 42.5 Å². The summed E-state index contributed by atoms with van der Waals surface area (Å²) in [5, 5.41) is 0. The summed E-state index contributed by atoms with van der Waals surface area (Å²) < 4.78 is 5.24. The lowest BCUT2D eigenvalue weighted by Crippen LogP contribution is -2.40. The second-order valence-corrected chi connectivity index (χ2v) is 4.91. The fourth-order valence-electron chi connectivity index (χ4n) is 2.19. The molecule has 0 spiro atoms. The molecule has 3 nitrogen and oxygen atoms in total. The van der Waals surface area contributed by atoms with Crippen LogP contribution in [0.3, 0.4) is 0 Å². The first kappa shape index (κ1) is 13.8. The quantitative estimate of drug-likeness (QED) is 0.760. The van der Waals surface area contributed by atoms with Crippen LogP contribution in [-0.4, -0.2) is 37.1 Å². The average molecular weight is 259 g/mol. The molecule has 1 amide bonds. The van der Waals surface area contributed by atoms with Crippen LogP contribution in [0.1, 0.15) is 18.4 Å². The first-order valence-electron chi connectivity index (χ1n) is 6.82. The molecule has 0 unspecified atom stereocenters. The molecular weight excluding hydrogens is 238 g/mol. The molecule has 1 saturated heterocycles. The van der Waals surface area contributed by atoms with E-state index in [2.05, 4.69) is 18.7 Å². The van der Waals surface area contributed by atoms with E-state index in [1.807, 2.05) is 23.1 Å². The van der Waals surface area contributed by atoms with Crippen LogP contribution in [0.4, 0.5) is 0 Å². The molecule has 3 heteroatoms. The van der Waals surface area contributed by atoms with Crippen molar-refractivity contribution in [3.8, 4) is 0 Å². The summed E-state index contributed by atoms with van der Waals surface area (Å²) in [6.07, 6.45) is 2.29. The zero-order valence-corrected chi connectivity index (χ0v) is 11.3. The highest BCUT2D eigenvalue weighted by Gasteiger charge is 2.17. The van der Waals surface area contributed by atoms with Gasteiger partial charge in [0.2, 0.25) is 5.91 Å². The van der Waals surface area contributed by atoms with E-state index in [9.17, 15) is 4.79 Å². The van der Waals surface area contributed by atoms with Crippen molar-refractivity contribution in [3.63, 3.8) is 0 Å². The Morgan fingerprint density at radius 2 is 1.89 bits per heavy atom. The average Bonchev–Trinajstić information content (AvgIpc) is 2.47. The third-order valence-corrected chi connectivity index (χ3v) is 3.38. The number of rotatable bonds is 5. The Morgan fingerprint density at radius 3 is 2.58 bits per heavy atom. The molecule has 0 atom stereocenters. The lowest BCUT2D eigenvalue weighted by atomic mass is 10.0. The van der Waals surface area contributed by atoms with E-state index >= 15 is 0 Å². The molecule has 0 N–H and O–H groups in total. The molecule has 1 aromatic carbocycles. The van der Waals surface area contributed by atoms with Crippen LogP contribution in [0.25, 0.3) is 0 Å². The van der Waals surface area contributed by atoms with E-state index in [4.69, 9.17) is 4.74 Å². The molecule has 1 fully saturated rings. The number of morpholine rings is 1. The standard InChI is InChI=1S/C16H21NO2/c1-14(7-8-15-5-3-2-4-6-15)13-16(18)17-9-11-19-12-10-17/h2-6H,1,7-13H2. The molecule has 0 aromatic heterocycles. The van der Waals surface area contributed by atoms with Crippen LogP contribution < -0.4 is 0 Å². The fraction of sp³-hybridized carbons (Fsp3) is 0.438. The third-order valence-electron chi connectivity index (χ3n) is 3.38. The van der Waals surface area contributed by atoms with Crippen LogP contribution >= 0.6 is 0 Å². The van der Waals surface area contributed by atoms with Gasteiger partial charge in [0.25, 0.3) is 0 Å². The predicted octanol–water partition coefficient (Wildman–Crippen LogP) is 2.42. The van der Waals surface area contributed by atoms with Gasteiger partial charge in [0.15, 0.2) is 0 Å². The van der Waals surface area contributed by atoms with Gasteiger partial charge in [-0.2, -0.15) is 0 Å². The zero-order valence-electron chi connectivity index (χ0n) is 11.3. The van der Waals surface area contributed by atoms with Gasteiger partial charge in [-0.15, -0.1) is 0 Å². The van der Waals surface area contributed by atoms with Crippen molar-refractivity contribution in [2.24, 2.45) is 0 Å². The second kappa shape index (κ2) is 7.10. The normalized spacial score (nSPS) is 15.3. The molecule has 0 saturated carbocycles. The highest BCUT2D eigenvalue weighted by Crippen LogP contribution is 2.12. The minimum atomic E-state index is 0.182. The monoisotopic (exact) mass is 259 g/mol. The van der Waals surface area contributed by atoms with Crippen molar-refractivity contribution < 1.29 is 9.53 Å². The fourth-order valence-corrected chi connectivity index (χ4v) is 2.19. The van der Waals surface area contributed by atoms with Crippen molar-refractivity contribution >= 4 is 5.91 Å². The van der Waals surface area contributed by atoms with Crippen molar-refractivity contribution in [2.75, 3.05) is 26.3 Å². The Balaban J connectivity index is 1.73. The maximum absolute atomic E-state index is 12.0. The van der Waals surface area contributed by atoms with E-state index in [1.54, 1.807) is 0 Å². The van der Waals surface area contributed by atoms with E-state index < -0.39 is 0 Å². The summed E-state index contributed by atoms with van der Waals surface area (Å²) in [5.41, 5.74) is 2.31. The summed E-state index contributed by atoms with van der Waals surface area (Å²) in [7, 11) is 0. The number of amides is 1. The Bertz CT molecular complexity index is 422. The zero-order chi connectivity index (χ0) is 13.5. The summed E-state index contributed by atoms with van der Waals surface area (Å²) in [5.74, 6) is 0.182. The van der Waals surface area contributed by atoms with Crippen LogP contribution in [-0.2, 0) is 16.0 Å². The van der Waals surface area contributed by atoms with Crippen molar-refractivity contribution in [3.05, 3.63) is 48.0 Å². The molecule has 1 aliphatic rings. The van der Waals surface area contributed by atoms with Gasteiger partial charge in [-0.05, 0) is 18.4 Å². The predicted molar refractivity (Wildman–Crippen MR) is 75.9 cm³/mol. The first-order chi connectivity index (χ1) is 9.25. The Kier molecular flexibility index (Phi) is 5.16. The molecular formula is C16H21NO2. The molecule has 0 radical (unpaired) electrons. The van der Waals surface area contributed by atoms with Crippen molar-refractivity contribution in [2.45, 2.75) is 19.3 Å². The molecule has 0 aliphatic carbocycles. The van der Waals surface area contributed by atoms with Gasteiger partial charge in [0.05, 0.1) is 13.2 Å². The number of carbonyl (C=O) groups is 1. The summed E-state index contributed by atoms with van der Waals surface area (Å²) in [6, 6.07) is 10.3. The number of aryl methyl sites for hydroxylation is 1. The minimum Gasteiger partial charge on any atom is -0.378 e. The molecule has 1 aliphatic heterocycles. The number of ether oxygens (including phenoxy) is 1. The number of nitrogens with zero attached hydrogens (tertiary/aromatic N) is 1. The Morgan fingerprint density at radius 1 is 1.21 bits per heavy atom. The summed E-state index contributed by atoms with van der Waals surface area (Å²) in [6.45, 7) is 6.76. The van der Waals surface area contributed by atoms with Gasteiger partial charge in [-0.1, -0.05) is 42.5 Å². The Hall–Kier alpha value is -1.61. The molecule has 1 heterocycles. The smallest absolute Gasteiger partial charge is 0.226 e.